The summed E-state index contributed by atoms with van der Waals surface area (Å²) in [6, 6.07) is -0.161. The Kier molecular flexibility index (Phi) is 5.91. The number of nitrogens with one attached hydrogen (secondary N) is 1. The Morgan fingerprint density at radius 1 is 1.45 bits per heavy atom. The molecule has 22 heavy (non-hydrogen) atoms. The molecule has 1 unspecified atom stereocenters. The van der Waals surface area contributed by atoms with E-state index in [0.29, 0.717) is 25.8 Å². The average molecular weight is 307 g/mol. The van der Waals surface area contributed by atoms with Crippen molar-refractivity contribution >= 4 is 11.8 Å². The van der Waals surface area contributed by atoms with Crippen molar-refractivity contribution in [2.24, 2.45) is 0 Å². The van der Waals surface area contributed by atoms with Gasteiger partial charge >= 0.3 is 0 Å². The SMILES string of the molecule is CCn1ncnc1C(C)NC(=O)CCCN1CCCCC1=O. The minimum Gasteiger partial charge on any atom is -0.346 e. The van der Waals surface area contributed by atoms with Gasteiger partial charge in [0, 0.05) is 32.5 Å². The van der Waals surface area contributed by atoms with E-state index in [2.05, 4.69) is 15.4 Å². The molecule has 0 spiro atoms. The Bertz CT molecular complexity index is 514. The molecule has 1 N–H and O–H groups in total. The van der Waals surface area contributed by atoms with E-state index in [1.807, 2.05) is 18.7 Å². The van der Waals surface area contributed by atoms with Crippen molar-refractivity contribution in [1.82, 2.24) is 25.0 Å². The van der Waals surface area contributed by atoms with Crippen molar-refractivity contribution in [2.45, 2.75) is 58.5 Å². The minimum atomic E-state index is -0.161. The number of aromatic nitrogens is 3. The second kappa shape index (κ2) is 7.91. The highest BCUT2D eigenvalue weighted by Gasteiger charge is 2.18. The van der Waals surface area contributed by atoms with E-state index < -0.39 is 0 Å². The Balaban J connectivity index is 1.72. The van der Waals surface area contributed by atoms with Gasteiger partial charge in [-0.2, -0.15) is 5.10 Å². The summed E-state index contributed by atoms with van der Waals surface area (Å²) in [5.74, 6) is 0.973. The Morgan fingerprint density at radius 2 is 2.27 bits per heavy atom. The first-order valence-electron chi connectivity index (χ1n) is 8.06. The number of aryl methyl sites for hydroxylation is 1. The zero-order valence-electron chi connectivity index (χ0n) is 13.4. The maximum Gasteiger partial charge on any atom is 0.222 e. The topological polar surface area (TPSA) is 80.1 Å². The molecule has 2 amide bonds. The first kappa shape index (κ1) is 16.5. The van der Waals surface area contributed by atoms with Crippen LogP contribution in [0, 0.1) is 0 Å². The minimum absolute atomic E-state index is 0.0115. The zero-order valence-corrected chi connectivity index (χ0v) is 13.4. The molecule has 1 aliphatic rings. The summed E-state index contributed by atoms with van der Waals surface area (Å²) in [4.78, 5) is 29.7. The number of rotatable bonds is 7. The van der Waals surface area contributed by atoms with Crippen LogP contribution in [0.3, 0.4) is 0 Å². The van der Waals surface area contributed by atoms with Crippen molar-refractivity contribution < 1.29 is 9.59 Å². The van der Waals surface area contributed by atoms with Crippen LogP contribution in [0.2, 0.25) is 0 Å². The standard InChI is InChI=1S/C15H25N5O2/c1-3-20-15(16-11-17-20)12(2)18-13(21)7-6-10-19-9-5-4-8-14(19)22/h11-12H,3-10H2,1-2H3,(H,18,21). The third-order valence-electron chi connectivity index (χ3n) is 3.96. The predicted molar refractivity (Wildman–Crippen MR) is 81.9 cm³/mol. The number of piperidine rings is 1. The van der Waals surface area contributed by atoms with E-state index >= 15 is 0 Å². The van der Waals surface area contributed by atoms with Crippen LogP contribution in [0.25, 0.3) is 0 Å². The molecule has 1 fully saturated rings. The van der Waals surface area contributed by atoms with Gasteiger partial charge in [0.2, 0.25) is 11.8 Å². The van der Waals surface area contributed by atoms with Crippen LogP contribution in [-0.2, 0) is 16.1 Å². The summed E-state index contributed by atoms with van der Waals surface area (Å²) >= 11 is 0. The number of carbonyl (C=O) groups excluding carboxylic acids is 2. The van der Waals surface area contributed by atoms with E-state index in [0.717, 1.165) is 31.8 Å². The van der Waals surface area contributed by atoms with Gasteiger partial charge in [-0.25, -0.2) is 9.67 Å². The quantitative estimate of drug-likeness (QED) is 0.822. The molecule has 0 bridgehead atoms. The van der Waals surface area contributed by atoms with Crippen molar-refractivity contribution in [3.63, 3.8) is 0 Å². The van der Waals surface area contributed by atoms with E-state index in [9.17, 15) is 9.59 Å². The maximum absolute atomic E-state index is 12.0. The molecule has 0 aromatic carbocycles. The molecular weight excluding hydrogens is 282 g/mol. The zero-order chi connectivity index (χ0) is 15.9. The second-order valence-electron chi connectivity index (χ2n) is 5.66. The summed E-state index contributed by atoms with van der Waals surface area (Å²) in [6.07, 6.45) is 5.34. The molecular formula is C15H25N5O2. The van der Waals surface area contributed by atoms with Gasteiger partial charge in [0.25, 0.3) is 0 Å². The molecule has 1 aromatic rings. The molecule has 1 saturated heterocycles. The van der Waals surface area contributed by atoms with Gasteiger partial charge in [-0.05, 0) is 33.1 Å². The van der Waals surface area contributed by atoms with Gasteiger partial charge < -0.3 is 10.2 Å². The average Bonchev–Trinajstić information content (AvgIpc) is 2.98. The number of hydrogen-bond acceptors (Lipinski definition) is 4. The van der Waals surface area contributed by atoms with Crippen LogP contribution in [-0.4, -0.2) is 44.6 Å². The summed E-state index contributed by atoms with van der Waals surface area (Å²) in [7, 11) is 0. The van der Waals surface area contributed by atoms with Gasteiger partial charge in [0.05, 0.1) is 6.04 Å². The highest BCUT2D eigenvalue weighted by atomic mass is 16.2. The first-order valence-corrected chi connectivity index (χ1v) is 8.06. The summed E-state index contributed by atoms with van der Waals surface area (Å²) < 4.78 is 1.78. The number of carbonyl (C=O) groups is 2. The molecule has 122 valence electrons. The van der Waals surface area contributed by atoms with Gasteiger partial charge in [-0.15, -0.1) is 0 Å². The van der Waals surface area contributed by atoms with E-state index in [1.54, 1.807) is 4.68 Å². The molecule has 7 heteroatoms. The third kappa shape index (κ3) is 4.29. The molecule has 0 radical (unpaired) electrons. The Morgan fingerprint density at radius 3 is 3.00 bits per heavy atom. The number of amides is 2. The highest BCUT2D eigenvalue weighted by Crippen LogP contribution is 2.12. The van der Waals surface area contributed by atoms with Crippen LogP contribution in [0.4, 0.5) is 0 Å². The molecule has 2 heterocycles. The Labute approximate surface area is 131 Å². The van der Waals surface area contributed by atoms with Gasteiger partial charge in [-0.1, -0.05) is 0 Å². The lowest BCUT2D eigenvalue weighted by molar-refractivity contribution is -0.133. The lowest BCUT2D eigenvalue weighted by Crippen LogP contribution is -2.36. The fraction of sp³-hybridized carbons (Fsp3) is 0.733. The van der Waals surface area contributed by atoms with Crippen molar-refractivity contribution in [1.29, 1.82) is 0 Å². The van der Waals surface area contributed by atoms with Crippen molar-refractivity contribution in [3.8, 4) is 0 Å². The monoisotopic (exact) mass is 307 g/mol. The molecule has 2 rings (SSSR count). The summed E-state index contributed by atoms with van der Waals surface area (Å²) in [6.45, 7) is 6.12. The number of hydrogen-bond donors (Lipinski definition) is 1. The normalized spacial score (nSPS) is 16.6. The van der Waals surface area contributed by atoms with E-state index in [-0.39, 0.29) is 17.9 Å². The van der Waals surface area contributed by atoms with E-state index in [1.165, 1.54) is 6.33 Å². The van der Waals surface area contributed by atoms with Gasteiger partial charge in [0.15, 0.2) is 0 Å². The van der Waals surface area contributed by atoms with Crippen LogP contribution < -0.4 is 5.32 Å². The second-order valence-corrected chi connectivity index (χ2v) is 5.66. The molecule has 0 saturated carbocycles. The Hall–Kier alpha value is -1.92. The maximum atomic E-state index is 12.0. The number of likely N-dealkylation sites (tertiary alicyclic amines) is 1. The van der Waals surface area contributed by atoms with Crippen molar-refractivity contribution in [3.05, 3.63) is 12.2 Å². The van der Waals surface area contributed by atoms with Crippen LogP contribution in [0.15, 0.2) is 6.33 Å². The van der Waals surface area contributed by atoms with E-state index in [4.69, 9.17) is 0 Å². The van der Waals surface area contributed by atoms with Crippen LogP contribution in [0.1, 0.15) is 57.8 Å². The predicted octanol–water partition coefficient (Wildman–Crippen LogP) is 1.27. The van der Waals surface area contributed by atoms with Crippen LogP contribution >= 0.6 is 0 Å². The van der Waals surface area contributed by atoms with Gasteiger partial charge in [-0.3, -0.25) is 9.59 Å². The molecule has 1 atom stereocenters. The van der Waals surface area contributed by atoms with Crippen LogP contribution in [0.5, 0.6) is 0 Å². The fourth-order valence-electron chi connectivity index (χ4n) is 2.76. The molecule has 1 aliphatic heterocycles. The largest absolute Gasteiger partial charge is 0.346 e. The lowest BCUT2D eigenvalue weighted by Gasteiger charge is -2.26. The first-order chi connectivity index (χ1) is 10.6. The highest BCUT2D eigenvalue weighted by molar-refractivity contribution is 5.77. The third-order valence-corrected chi connectivity index (χ3v) is 3.96. The van der Waals surface area contributed by atoms with Gasteiger partial charge in [0.1, 0.15) is 12.2 Å². The smallest absolute Gasteiger partial charge is 0.222 e. The fourth-order valence-corrected chi connectivity index (χ4v) is 2.76. The lowest BCUT2D eigenvalue weighted by atomic mass is 10.1. The number of nitrogens with zero attached hydrogens (tertiary/aromatic N) is 4. The van der Waals surface area contributed by atoms with Crippen molar-refractivity contribution in [2.75, 3.05) is 13.1 Å². The summed E-state index contributed by atoms with van der Waals surface area (Å²) in [5.41, 5.74) is 0. The molecule has 7 nitrogen and oxygen atoms in total. The summed E-state index contributed by atoms with van der Waals surface area (Å²) in [5, 5.41) is 7.05. The molecule has 0 aliphatic carbocycles. The molecule has 1 aromatic heterocycles.